The molecule has 1 saturated heterocycles. The van der Waals surface area contributed by atoms with Gasteiger partial charge in [0.15, 0.2) is 0 Å². The molecule has 1 fully saturated rings. The van der Waals surface area contributed by atoms with Crippen molar-refractivity contribution in [1.29, 1.82) is 0 Å². The first-order valence-electron chi connectivity index (χ1n) is 8.68. The molecule has 0 spiro atoms. The Bertz CT molecular complexity index is 833. The van der Waals surface area contributed by atoms with Crippen LogP contribution in [0.4, 0.5) is 5.69 Å². The van der Waals surface area contributed by atoms with Gasteiger partial charge >= 0.3 is 0 Å². The molecular formula is C19H21ClN4O3. The Morgan fingerprint density at radius 1 is 1.04 bits per heavy atom. The number of nitro benzene ring substituents is 1. The van der Waals surface area contributed by atoms with E-state index in [4.69, 9.17) is 17.3 Å². The molecule has 27 heavy (non-hydrogen) atoms. The minimum Gasteiger partial charge on any atom is -0.366 e. The fourth-order valence-corrected chi connectivity index (χ4v) is 3.34. The van der Waals surface area contributed by atoms with Gasteiger partial charge in [0.1, 0.15) is 0 Å². The number of nitrogens with zero attached hydrogens (tertiary/aromatic N) is 3. The third-order valence-corrected chi connectivity index (χ3v) is 5.00. The molecule has 2 aromatic carbocycles. The molecule has 0 saturated carbocycles. The molecule has 0 bridgehead atoms. The number of benzene rings is 2. The second-order valence-electron chi connectivity index (χ2n) is 6.64. The van der Waals surface area contributed by atoms with Gasteiger partial charge in [0.25, 0.3) is 5.69 Å². The van der Waals surface area contributed by atoms with E-state index in [0.29, 0.717) is 12.1 Å². The summed E-state index contributed by atoms with van der Waals surface area (Å²) in [6.45, 7) is 4.75. The zero-order valence-corrected chi connectivity index (χ0v) is 15.6. The SMILES string of the molecule is NC(=O)c1ccc(CN2CCN(Cc3ccc(Cl)cc3)CC2)c([N+](=O)[O-])c1. The van der Waals surface area contributed by atoms with E-state index in [0.717, 1.165) is 37.7 Å². The van der Waals surface area contributed by atoms with Crippen LogP contribution in [-0.4, -0.2) is 46.8 Å². The van der Waals surface area contributed by atoms with Gasteiger partial charge < -0.3 is 5.73 Å². The number of amides is 1. The van der Waals surface area contributed by atoms with E-state index in [1.165, 1.54) is 11.6 Å². The monoisotopic (exact) mass is 388 g/mol. The van der Waals surface area contributed by atoms with Gasteiger partial charge in [-0.2, -0.15) is 0 Å². The number of hydrogen-bond acceptors (Lipinski definition) is 5. The number of carbonyl (C=O) groups is 1. The van der Waals surface area contributed by atoms with Crippen LogP contribution in [0, 0.1) is 10.1 Å². The minimum atomic E-state index is -0.666. The molecule has 0 aromatic heterocycles. The highest BCUT2D eigenvalue weighted by molar-refractivity contribution is 6.30. The molecule has 2 aromatic rings. The lowest BCUT2D eigenvalue weighted by Gasteiger charge is -2.34. The maximum atomic E-state index is 11.3. The molecule has 1 aliphatic heterocycles. The molecule has 0 unspecified atom stereocenters. The van der Waals surface area contributed by atoms with Crippen molar-refractivity contribution in [3.05, 3.63) is 74.3 Å². The second-order valence-corrected chi connectivity index (χ2v) is 7.08. The summed E-state index contributed by atoms with van der Waals surface area (Å²) < 4.78 is 0. The average molecular weight is 389 g/mol. The Balaban J connectivity index is 1.59. The molecule has 7 nitrogen and oxygen atoms in total. The van der Waals surface area contributed by atoms with Gasteiger partial charge in [0, 0.05) is 61.5 Å². The van der Waals surface area contributed by atoms with Crippen LogP contribution in [0.25, 0.3) is 0 Å². The predicted octanol–water partition coefficient (Wildman–Crippen LogP) is 2.66. The van der Waals surface area contributed by atoms with Gasteiger partial charge in [-0.3, -0.25) is 24.7 Å². The van der Waals surface area contributed by atoms with E-state index < -0.39 is 10.8 Å². The van der Waals surface area contributed by atoms with E-state index >= 15 is 0 Å². The van der Waals surface area contributed by atoms with Crippen molar-refractivity contribution in [2.75, 3.05) is 26.2 Å². The van der Waals surface area contributed by atoms with Gasteiger partial charge in [-0.15, -0.1) is 0 Å². The summed E-state index contributed by atoms with van der Waals surface area (Å²) in [5.41, 5.74) is 7.12. The van der Waals surface area contributed by atoms with Crippen LogP contribution in [0.1, 0.15) is 21.5 Å². The van der Waals surface area contributed by atoms with Crippen molar-refractivity contribution in [2.24, 2.45) is 5.73 Å². The van der Waals surface area contributed by atoms with Crippen LogP contribution >= 0.6 is 11.6 Å². The van der Waals surface area contributed by atoms with Crippen LogP contribution in [0.3, 0.4) is 0 Å². The number of nitro groups is 1. The van der Waals surface area contributed by atoms with Gasteiger partial charge in [-0.05, 0) is 23.8 Å². The summed E-state index contributed by atoms with van der Waals surface area (Å²) in [6, 6.07) is 12.3. The van der Waals surface area contributed by atoms with Gasteiger partial charge in [-0.1, -0.05) is 29.8 Å². The maximum Gasteiger partial charge on any atom is 0.274 e. The summed E-state index contributed by atoms with van der Waals surface area (Å²) in [6.07, 6.45) is 0. The van der Waals surface area contributed by atoms with Crippen LogP contribution in [0.15, 0.2) is 42.5 Å². The number of hydrogen-bond donors (Lipinski definition) is 1. The van der Waals surface area contributed by atoms with Crippen molar-refractivity contribution in [2.45, 2.75) is 13.1 Å². The first-order chi connectivity index (χ1) is 12.9. The standard InChI is InChI=1S/C19H21ClN4O3/c20-17-5-1-14(2-6-17)12-22-7-9-23(10-8-22)13-16-4-3-15(19(21)25)11-18(16)24(26)27/h1-6,11H,7-10,12-13H2,(H2,21,25). The summed E-state index contributed by atoms with van der Waals surface area (Å²) >= 11 is 5.92. The Morgan fingerprint density at radius 3 is 2.19 bits per heavy atom. The molecule has 142 valence electrons. The summed E-state index contributed by atoms with van der Waals surface area (Å²) in [5.74, 6) is -0.666. The number of primary amides is 1. The van der Waals surface area contributed by atoms with Crippen LogP contribution < -0.4 is 5.73 Å². The minimum absolute atomic E-state index is 0.0603. The van der Waals surface area contributed by atoms with E-state index in [9.17, 15) is 14.9 Å². The highest BCUT2D eigenvalue weighted by Gasteiger charge is 2.22. The number of piperazine rings is 1. The lowest BCUT2D eigenvalue weighted by atomic mass is 10.1. The van der Waals surface area contributed by atoms with Gasteiger partial charge in [0.2, 0.25) is 5.91 Å². The molecular weight excluding hydrogens is 368 g/mol. The molecule has 1 heterocycles. The normalized spacial score (nSPS) is 15.6. The summed E-state index contributed by atoms with van der Waals surface area (Å²) in [4.78, 5) is 26.7. The highest BCUT2D eigenvalue weighted by Crippen LogP contribution is 2.23. The molecule has 8 heteroatoms. The second kappa shape index (κ2) is 8.47. The van der Waals surface area contributed by atoms with Gasteiger partial charge in [0.05, 0.1) is 4.92 Å². The van der Waals surface area contributed by atoms with Crippen LogP contribution in [0.2, 0.25) is 5.02 Å². The van der Waals surface area contributed by atoms with E-state index in [1.807, 2.05) is 24.3 Å². The molecule has 0 aliphatic carbocycles. The zero-order chi connectivity index (χ0) is 19.4. The first-order valence-corrected chi connectivity index (χ1v) is 9.06. The first kappa shape index (κ1) is 19.3. The van der Waals surface area contributed by atoms with Crippen molar-refractivity contribution < 1.29 is 9.72 Å². The Morgan fingerprint density at radius 2 is 1.63 bits per heavy atom. The fraction of sp³-hybridized carbons (Fsp3) is 0.316. The highest BCUT2D eigenvalue weighted by atomic mass is 35.5. The number of carbonyl (C=O) groups excluding carboxylic acids is 1. The van der Waals surface area contributed by atoms with Crippen LogP contribution in [-0.2, 0) is 13.1 Å². The molecule has 0 atom stereocenters. The molecule has 3 rings (SSSR count). The van der Waals surface area contributed by atoms with Crippen molar-refractivity contribution in [1.82, 2.24) is 9.80 Å². The van der Waals surface area contributed by atoms with Crippen molar-refractivity contribution in [3.63, 3.8) is 0 Å². The largest absolute Gasteiger partial charge is 0.366 e. The third-order valence-electron chi connectivity index (χ3n) is 4.74. The summed E-state index contributed by atoms with van der Waals surface area (Å²) in [5, 5.41) is 12.1. The molecule has 2 N–H and O–H groups in total. The lowest BCUT2D eigenvalue weighted by molar-refractivity contribution is -0.385. The van der Waals surface area contributed by atoms with Gasteiger partial charge in [-0.25, -0.2) is 0 Å². The molecule has 1 amide bonds. The topological polar surface area (TPSA) is 92.7 Å². The van der Waals surface area contributed by atoms with Crippen LogP contribution in [0.5, 0.6) is 0 Å². The smallest absolute Gasteiger partial charge is 0.274 e. The number of halogens is 1. The lowest BCUT2D eigenvalue weighted by Crippen LogP contribution is -2.45. The van der Waals surface area contributed by atoms with E-state index in [1.54, 1.807) is 12.1 Å². The summed E-state index contributed by atoms with van der Waals surface area (Å²) in [7, 11) is 0. The quantitative estimate of drug-likeness (QED) is 0.606. The predicted molar refractivity (Wildman–Crippen MR) is 104 cm³/mol. The number of nitrogens with two attached hydrogens (primary N) is 1. The molecule has 1 aliphatic rings. The zero-order valence-electron chi connectivity index (χ0n) is 14.8. The number of rotatable bonds is 6. The average Bonchev–Trinajstić information content (AvgIpc) is 2.65. The third kappa shape index (κ3) is 5.03. The van der Waals surface area contributed by atoms with E-state index in [2.05, 4.69) is 9.80 Å². The maximum absolute atomic E-state index is 11.3. The molecule has 0 radical (unpaired) electrons. The van der Waals surface area contributed by atoms with Crippen molar-refractivity contribution >= 4 is 23.2 Å². The van der Waals surface area contributed by atoms with Crippen molar-refractivity contribution in [3.8, 4) is 0 Å². The Labute approximate surface area is 162 Å². The fourth-order valence-electron chi connectivity index (χ4n) is 3.22. The Kier molecular flexibility index (Phi) is 6.05. The Hall–Kier alpha value is -2.48. The van der Waals surface area contributed by atoms with E-state index in [-0.39, 0.29) is 11.3 Å².